The molecule has 0 spiro atoms. The van der Waals surface area contributed by atoms with E-state index in [0.717, 1.165) is 12.1 Å². The first-order chi connectivity index (χ1) is 9.45. The average molecular weight is 285 g/mol. The van der Waals surface area contributed by atoms with Gasteiger partial charge in [-0.15, -0.1) is 0 Å². The van der Waals surface area contributed by atoms with Crippen LogP contribution in [-0.2, 0) is 4.74 Å². The summed E-state index contributed by atoms with van der Waals surface area (Å²) in [5.41, 5.74) is 5.43. The quantitative estimate of drug-likeness (QED) is 0.695. The molecule has 0 radical (unpaired) electrons. The number of furan rings is 1. The second kappa shape index (κ2) is 5.38. The van der Waals surface area contributed by atoms with Gasteiger partial charge in [0, 0.05) is 5.56 Å². The maximum atomic E-state index is 13.6. The van der Waals surface area contributed by atoms with Gasteiger partial charge in [-0.25, -0.2) is 18.0 Å². The molecular weight excluding hydrogens is 275 g/mol. The highest BCUT2D eigenvalue weighted by atomic mass is 19.2. The normalized spacial score (nSPS) is 12.2. The molecule has 0 aliphatic rings. The smallest absolute Gasteiger partial charge is 0.373 e. The van der Waals surface area contributed by atoms with E-state index in [1.54, 1.807) is 0 Å². The molecule has 20 heavy (non-hydrogen) atoms. The van der Waals surface area contributed by atoms with Gasteiger partial charge in [0.1, 0.15) is 5.76 Å². The second-order valence-corrected chi connectivity index (χ2v) is 3.94. The van der Waals surface area contributed by atoms with Crippen molar-refractivity contribution in [3.8, 4) is 0 Å². The summed E-state index contributed by atoms with van der Waals surface area (Å²) in [5, 5.41) is 0. The van der Waals surface area contributed by atoms with E-state index in [4.69, 9.17) is 10.2 Å². The van der Waals surface area contributed by atoms with E-state index in [9.17, 15) is 18.0 Å². The summed E-state index contributed by atoms with van der Waals surface area (Å²) in [5.74, 6) is -5.15. The molecule has 7 heteroatoms. The summed E-state index contributed by atoms with van der Waals surface area (Å²) in [7, 11) is 1.17. The lowest BCUT2D eigenvalue weighted by Gasteiger charge is -2.11. The average Bonchev–Trinajstić information content (AvgIpc) is 2.93. The first-order valence-electron chi connectivity index (χ1n) is 5.52. The number of benzene rings is 1. The number of carbonyl (C=O) groups excluding carboxylic acids is 1. The zero-order valence-electron chi connectivity index (χ0n) is 10.3. The first kappa shape index (κ1) is 14.1. The molecule has 0 aliphatic carbocycles. The second-order valence-electron chi connectivity index (χ2n) is 3.94. The molecule has 2 N–H and O–H groups in total. The van der Waals surface area contributed by atoms with E-state index in [1.807, 2.05) is 0 Å². The maximum Gasteiger partial charge on any atom is 0.373 e. The van der Waals surface area contributed by atoms with E-state index < -0.39 is 29.5 Å². The van der Waals surface area contributed by atoms with Gasteiger partial charge in [0.25, 0.3) is 0 Å². The summed E-state index contributed by atoms with van der Waals surface area (Å²) >= 11 is 0. The van der Waals surface area contributed by atoms with Crippen molar-refractivity contribution in [2.24, 2.45) is 5.73 Å². The topological polar surface area (TPSA) is 65.5 Å². The van der Waals surface area contributed by atoms with E-state index in [-0.39, 0.29) is 17.1 Å². The van der Waals surface area contributed by atoms with Crippen LogP contribution in [0.1, 0.15) is 27.9 Å². The number of nitrogens with two attached hydrogens (primary N) is 1. The lowest BCUT2D eigenvalue weighted by molar-refractivity contribution is 0.0562. The van der Waals surface area contributed by atoms with Crippen LogP contribution < -0.4 is 5.73 Å². The minimum absolute atomic E-state index is 0.0234. The summed E-state index contributed by atoms with van der Waals surface area (Å²) < 4.78 is 49.1. The van der Waals surface area contributed by atoms with Crippen molar-refractivity contribution < 1.29 is 27.1 Å². The van der Waals surface area contributed by atoms with E-state index >= 15 is 0 Å². The molecule has 106 valence electrons. The van der Waals surface area contributed by atoms with Crippen molar-refractivity contribution in [3.05, 3.63) is 58.8 Å². The minimum Gasteiger partial charge on any atom is -0.463 e. The molecule has 1 aromatic heterocycles. The van der Waals surface area contributed by atoms with Crippen LogP contribution in [0.2, 0.25) is 0 Å². The highest BCUT2D eigenvalue weighted by Gasteiger charge is 2.23. The SMILES string of the molecule is COC(=O)c1ccc(C(N)c2ccc(F)c(F)c2F)o1. The predicted molar refractivity (Wildman–Crippen MR) is 62.4 cm³/mol. The number of hydrogen-bond donors (Lipinski definition) is 1. The fourth-order valence-corrected chi connectivity index (χ4v) is 1.66. The molecule has 0 amide bonds. The molecule has 1 unspecified atom stereocenters. The minimum atomic E-state index is -1.61. The van der Waals surface area contributed by atoms with Crippen molar-refractivity contribution in [2.75, 3.05) is 7.11 Å². The summed E-state index contributed by atoms with van der Waals surface area (Å²) in [6, 6.07) is 3.22. The molecule has 0 fully saturated rings. The summed E-state index contributed by atoms with van der Waals surface area (Å²) in [4.78, 5) is 11.2. The zero-order valence-corrected chi connectivity index (χ0v) is 10.3. The van der Waals surface area contributed by atoms with E-state index in [1.165, 1.54) is 19.2 Å². The van der Waals surface area contributed by atoms with Gasteiger partial charge in [0.2, 0.25) is 5.76 Å². The van der Waals surface area contributed by atoms with Gasteiger partial charge in [0.05, 0.1) is 13.2 Å². The number of esters is 1. The van der Waals surface area contributed by atoms with Crippen molar-refractivity contribution in [1.82, 2.24) is 0 Å². The van der Waals surface area contributed by atoms with E-state index in [0.29, 0.717) is 0 Å². The third-order valence-corrected chi connectivity index (χ3v) is 2.72. The standard InChI is InChI=1S/C13H10F3NO3/c1-19-13(18)9-5-4-8(20-9)12(17)6-2-3-7(14)11(16)10(6)15/h2-5,12H,17H2,1H3. The monoisotopic (exact) mass is 285 g/mol. The number of methoxy groups -OCH3 is 1. The fraction of sp³-hybridized carbons (Fsp3) is 0.154. The van der Waals surface area contributed by atoms with Gasteiger partial charge in [-0.05, 0) is 18.2 Å². The Hall–Kier alpha value is -2.28. The van der Waals surface area contributed by atoms with Gasteiger partial charge in [0.15, 0.2) is 17.5 Å². The highest BCUT2D eigenvalue weighted by Crippen LogP contribution is 2.26. The van der Waals surface area contributed by atoms with Crippen LogP contribution in [-0.4, -0.2) is 13.1 Å². The van der Waals surface area contributed by atoms with Crippen LogP contribution in [0, 0.1) is 17.5 Å². The summed E-state index contributed by atoms with van der Waals surface area (Å²) in [6.45, 7) is 0. The lowest BCUT2D eigenvalue weighted by Crippen LogP contribution is -2.14. The van der Waals surface area contributed by atoms with Crippen LogP contribution in [0.4, 0.5) is 13.2 Å². The third-order valence-electron chi connectivity index (χ3n) is 2.72. The Balaban J connectivity index is 2.36. The first-order valence-corrected chi connectivity index (χ1v) is 5.52. The Morgan fingerprint density at radius 2 is 1.90 bits per heavy atom. The van der Waals surface area contributed by atoms with Crippen molar-refractivity contribution in [1.29, 1.82) is 0 Å². The Bertz CT molecular complexity index is 654. The van der Waals surface area contributed by atoms with Crippen molar-refractivity contribution in [2.45, 2.75) is 6.04 Å². The molecule has 2 aromatic rings. The molecule has 0 saturated carbocycles. The van der Waals surface area contributed by atoms with Crippen LogP contribution >= 0.6 is 0 Å². The van der Waals surface area contributed by atoms with Gasteiger partial charge < -0.3 is 14.9 Å². The van der Waals surface area contributed by atoms with Crippen LogP contribution in [0.5, 0.6) is 0 Å². The van der Waals surface area contributed by atoms with E-state index in [2.05, 4.69) is 4.74 Å². The molecule has 1 aromatic carbocycles. The van der Waals surface area contributed by atoms with Gasteiger partial charge in [-0.1, -0.05) is 6.07 Å². The fourth-order valence-electron chi connectivity index (χ4n) is 1.66. The van der Waals surface area contributed by atoms with Gasteiger partial charge in [-0.3, -0.25) is 0 Å². The van der Waals surface area contributed by atoms with Crippen LogP contribution in [0.15, 0.2) is 28.7 Å². The van der Waals surface area contributed by atoms with Crippen molar-refractivity contribution in [3.63, 3.8) is 0 Å². The van der Waals surface area contributed by atoms with Gasteiger partial charge >= 0.3 is 5.97 Å². The van der Waals surface area contributed by atoms with Crippen LogP contribution in [0.25, 0.3) is 0 Å². The largest absolute Gasteiger partial charge is 0.463 e. The zero-order chi connectivity index (χ0) is 14.9. The molecule has 4 nitrogen and oxygen atoms in total. The third kappa shape index (κ3) is 2.39. The maximum absolute atomic E-state index is 13.6. The lowest BCUT2D eigenvalue weighted by atomic mass is 10.0. The number of ether oxygens (including phenoxy) is 1. The Morgan fingerprint density at radius 3 is 2.55 bits per heavy atom. The number of rotatable bonds is 3. The molecular formula is C13H10F3NO3. The summed E-state index contributed by atoms with van der Waals surface area (Å²) in [6.07, 6.45) is 0. The molecule has 0 bridgehead atoms. The van der Waals surface area contributed by atoms with Crippen molar-refractivity contribution >= 4 is 5.97 Å². The number of hydrogen-bond acceptors (Lipinski definition) is 4. The molecule has 2 rings (SSSR count). The molecule has 0 aliphatic heterocycles. The van der Waals surface area contributed by atoms with Crippen LogP contribution in [0.3, 0.4) is 0 Å². The number of carbonyl (C=O) groups is 1. The Morgan fingerprint density at radius 1 is 1.20 bits per heavy atom. The number of halogens is 3. The molecule has 1 heterocycles. The Labute approximate surface area is 111 Å². The molecule has 0 saturated heterocycles. The Kier molecular flexibility index (Phi) is 3.80. The highest BCUT2D eigenvalue weighted by molar-refractivity contribution is 5.86. The predicted octanol–water partition coefficient (Wildman–Crippen LogP) is 2.53. The molecule has 1 atom stereocenters. The van der Waals surface area contributed by atoms with Gasteiger partial charge in [-0.2, -0.15) is 0 Å².